The van der Waals surface area contributed by atoms with Crippen LogP contribution in [-0.4, -0.2) is 11.7 Å². The second-order valence-corrected chi connectivity index (χ2v) is 7.30. The first-order valence-electron chi connectivity index (χ1n) is 8.82. The molecule has 0 saturated heterocycles. The summed E-state index contributed by atoms with van der Waals surface area (Å²) >= 11 is 0. The van der Waals surface area contributed by atoms with Crippen molar-refractivity contribution in [2.75, 3.05) is 0 Å². The molecule has 2 aromatic carbocycles. The molecule has 25 heavy (non-hydrogen) atoms. The third-order valence-corrected chi connectivity index (χ3v) is 4.16. The zero-order chi connectivity index (χ0) is 18.4. The molecule has 0 saturated carbocycles. The maximum Gasteiger partial charge on any atom is 0.343 e. The molecule has 0 amide bonds. The van der Waals surface area contributed by atoms with Crippen molar-refractivity contribution < 1.29 is 9.53 Å². The first-order chi connectivity index (χ1) is 11.8. The van der Waals surface area contributed by atoms with Crippen molar-refractivity contribution in [3.63, 3.8) is 0 Å². The third kappa shape index (κ3) is 5.02. The van der Waals surface area contributed by atoms with Gasteiger partial charge in [0.2, 0.25) is 0 Å². The fraction of sp³-hybridized carbons (Fsp3) is 0.364. The first kappa shape index (κ1) is 18.9. The van der Waals surface area contributed by atoms with Crippen LogP contribution in [0.15, 0.2) is 48.5 Å². The fourth-order valence-corrected chi connectivity index (χ4v) is 2.54. The molecule has 0 unspecified atom stereocenters. The summed E-state index contributed by atoms with van der Waals surface area (Å²) in [6, 6.07) is 14.7. The van der Waals surface area contributed by atoms with Gasteiger partial charge in [-0.1, -0.05) is 58.4 Å². The van der Waals surface area contributed by atoms with Crippen LogP contribution in [0.5, 0.6) is 5.75 Å². The van der Waals surface area contributed by atoms with Gasteiger partial charge >= 0.3 is 5.97 Å². The van der Waals surface area contributed by atoms with E-state index in [1.807, 2.05) is 36.4 Å². The maximum atomic E-state index is 12.4. The number of unbranched alkanes of at least 4 members (excludes halogenated alkanes) is 1. The molecule has 1 N–H and O–H groups in total. The van der Waals surface area contributed by atoms with Crippen LogP contribution in [0.2, 0.25) is 0 Å². The number of carbonyl (C=O) groups is 1. The molecule has 2 aromatic rings. The molecule has 2 rings (SSSR count). The number of rotatable bonds is 6. The largest absolute Gasteiger partial charge is 0.422 e. The van der Waals surface area contributed by atoms with Crippen LogP contribution in [0.1, 0.15) is 68.4 Å². The normalized spacial score (nSPS) is 11.2. The van der Waals surface area contributed by atoms with Gasteiger partial charge in [-0.05, 0) is 48.1 Å². The molecule has 0 spiro atoms. The number of hydrogen-bond donors (Lipinski definition) is 1. The number of ether oxygens (including phenoxy) is 1. The molecule has 132 valence electrons. The molecule has 0 heterocycles. The Bertz CT molecular complexity index is 742. The van der Waals surface area contributed by atoms with Gasteiger partial charge in [-0.2, -0.15) is 0 Å². The standard InChI is InChI=1S/C22H27NO2/c1-5-6-12-19(23)18-15-17(22(2,3)4)13-14-20(18)25-21(24)16-10-8-7-9-11-16/h7-11,13-15,23H,5-6,12H2,1-4H3. The number of carbonyl (C=O) groups excluding carboxylic acids is 1. The summed E-state index contributed by atoms with van der Waals surface area (Å²) in [7, 11) is 0. The van der Waals surface area contributed by atoms with Gasteiger partial charge in [0.1, 0.15) is 5.75 Å². The van der Waals surface area contributed by atoms with Gasteiger partial charge in [0.15, 0.2) is 0 Å². The van der Waals surface area contributed by atoms with Crippen LogP contribution in [0.3, 0.4) is 0 Å². The average Bonchev–Trinajstić information content (AvgIpc) is 2.59. The Kier molecular flexibility index (Phi) is 6.13. The summed E-state index contributed by atoms with van der Waals surface area (Å²) in [5, 5.41) is 8.43. The van der Waals surface area contributed by atoms with Crippen molar-refractivity contribution in [3.05, 3.63) is 65.2 Å². The van der Waals surface area contributed by atoms with E-state index < -0.39 is 5.97 Å². The Balaban J connectivity index is 2.35. The Labute approximate surface area is 150 Å². The van der Waals surface area contributed by atoms with Crippen LogP contribution in [0.4, 0.5) is 0 Å². The van der Waals surface area contributed by atoms with Crippen LogP contribution in [0.25, 0.3) is 0 Å². The molecular weight excluding hydrogens is 310 g/mol. The fourth-order valence-electron chi connectivity index (χ4n) is 2.54. The second kappa shape index (κ2) is 8.11. The topological polar surface area (TPSA) is 50.1 Å². The lowest BCUT2D eigenvalue weighted by Crippen LogP contribution is -2.15. The highest BCUT2D eigenvalue weighted by Crippen LogP contribution is 2.29. The monoisotopic (exact) mass is 337 g/mol. The van der Waals surface area contributed by atoms with Crippen LogP contribution >= 0.6 is 0 Å². The summed E-state index contributed by atoms with van der Waals surface area (Å²) in [4.78, 5) is 12.4. The van der Waals surface area contributed by atoms with Crippen molar-refractivity contribution in [1.82, 2.24) is 0 Å². The number of hydrogen-bond acceptors (Lipinski definition) is 3. The van der Waals surface area contributed by atoms with Crippen molar-refractivity contribution >= 4 is 11.7 Å². The molecule has 0 aliphatic heterocycles. The van der Waals surface area contributed by atoms with Gasteiger partial charge in [0.05, 0.1) is 5.56 Å². The van der Waals surface area contributed by atoms with Crippen molar-refractivity contribution in [1.29, 1.82) is 5.41 Å². The van der Waals surface area contributed by atoms with Gasteiger partial charge in [0.25, 0.3) is 0 Å². The van der Waals surface area contributed by atoms with E-state index in [0.29, 0.717) is 29.0 Å². The minimum Gasteiger partial charge on any atom is -0.422 e. The van der Waals surface area contributed by atoms with Gasteiger partial charge in [-0.3, -0.25) is 0 Å². The first-order valence-corrected chi connectivity index (χ1v) is 8.82. The smallest absolute Gasteiger partial charge is 0.343 e. The third-order valence-electron chi connectivity index (χ3n) is 4.16. The lowest BCUT2D eigenvalue weighted by atomic mass is 9.85. The molecule has 0 bridgehead atoms. The summed E-state index contributed by atoms with van der Waals surface area (Å²) in [5.41, 5.74) is 2.84. The highest BCUT2D eigenvalue weighted by molar-refractivity contribution is 6.02. The average molecular weight is 337 g/mol. The summed E-state index contributed by atoms with van der Waals surface area (Å²) in [6.07, 6.45) is 2.66. The van der Waals surface area contributed by atoms with E-state index in [1.165, 1.54) is 0 Å². The predicted octanol–water partition coefficient (Wildman–Crippen LogP) is 5.76. The molecular formula is C22H27NO2. The van der Waals surface area contributed by atoms with Crippen LogP contribution in [-0.2, 0) is 5.41 Å². The van der Waals surface area contributed by atoms with Crippen LogP contribution < -0.4 is 4.74 Å². The molecule has 0 aliphatic rings. The number of esters is 1. The Morgan fingerprint density at radius 1 is 1.08 bits per heavy atom. The van der Waals surface area contributed by atoms with Crippen molar-refractivity contribution in [3.8, 4) is 5.75 Å². The van der Waals surface area contributed by atoms with Gasteiger partial charge in [-0.15, -0.1) is 0 Å². The van der Waals surface area contributed by atoms with E-state index in [2.05, 4.69) is 27.7 Å². The highest BCUT2D eigenvalue weighted by atomic mass is 16.5. The molecule has 0 aliphatic carbocycles. The van der Waals surface area contributed by atoms with E-state index >= 15 is 0 Å². The minimum absolute atomic E-state index is 0.0260. The van der Waals surface area contributed by atoms with Gasteiger partial charge in [0, 0.05) is 11.3 Å². The zero-order valence-electron chi connectivity index (χ0n) is 15.6. The van der Waals surface area contributed by atoms with Crippen molar-refractivity contribution in [2.24, 2.45) is 0 Å². The van der Waals surface area contributed by atoms with E-state index in [1.54, 1.807) is 12.1 Å². The van der Waals surface area contributed by atoms with E-state index in [4.69, 9.17) is 10.1 Å². The van der Waals surface area contributed by atoms with Crippen LogP contribution in [0, 0.1) is 5.41 Å². The summed E-state index contributed by atoms with van der Waals surface area (Å²) < 4.78 is 5.62. The maximum absolute atomic E-state index is 12.4. The lowest BCUT2D eigenvalue weighted by Gasteiger charge is -2.21. The Morgan fingerprint density at radius 2 is 1.76 bits per heavy atom. The Morgan fingerprint density at radius 3 is 2.36 bits per heavy atom. The van der Waals surface area contributed by atoms with E-state index in [9.17, 15) is 4.79 Å². The SMILES string of the molecule is CCCCC(=N)c1cc(C(C)(C)C)ccc1OC(=O)c1ccccc1. The highest BCUT2D eigenvalue weighted by Gasteiger charge is 2.19. The predicted molar refractivity (Wildman–Crippen MR) is 103 cm³/mol. The molecule has 0 fully saturated rings. The molecule has 0 aromatic heterocycles. The van der Waals surface area contributed by atoms with Crippen molar-refractivity contribution in [2.45, 2.75) is 52.4 Å². The van der Waals surface area contributed by atoms with E-state index in [-0.39, 0.29) is 5.41 Å². The molecule has 0 radical (unpaired) electrons. The Hall–Kier alpha value is -2.42. The quantitative estimate of drug-likeness (QED) is 0.414. The number of nitrogens with one attached hydrogen (secondary N) is 1. The summed E-state index contributed by atoms with van der Waals surface area (Å²) in [6.45, 7) is 8.52. The zero-order valence-corrected chi connectivity index (χ0v) is 15.6. The molecule has 0 atom stereocenters. The number of benzene rings is 2. The second-order valence-electron chi connectivity index (χ2n) is 7.30. The van der Waals surface area contributed by atoms with Gasteiger partial charge in [-0.25, -0.2) is 4.79 Å². The van der Waals surface area contributed by atoms with E-state index in [0.717, 1.165) is 18.4 Å². The van der Waals surface area contributed by atoms with Gasteiger partial charge < -0.3 is 10.1 Å². The summed E-state index contributed by atoms with van der Waals surface area (Å²) in [5.74, 6) is 0.0663. The lowest BCUT2D eigenvalue weighted by molar-refractivity contribution is 0.0734. The molecule has 3 heteroatoms. The molecule has 3 nitrogen and oxygen atoms in total. The minimum atomic E-state index is -0.395.